The van der Waals surface area contributed by atoms with Crippen LogP contribution in [0.15, 0.2) is 48.5 Å². The number of carbonyl (C=O) groups is 1. The van der Waals surface area contributed by atoms with Crippen molar-refractivity contribution in [1.82, 2.24) is 4.90 Å². The first kappa shape index (κ1) is 21.2. The van der Waals surface area contributed by atoms with Gasteiger partial charge >= 0.3 is 0 Å². The zero-order valence-corrected chi connectivity index (χ0v) is 18.1. The number of hydrogen-bond acceptors (Lipinski definition) is 4. The van der Waals surface area contributed by atoms with Crippen molar-refractivity contribution in [3.05, 3.63) is 59.7 Å². The maximum atomic E-state index is 13.3. The molecule has 1 saturated heterocycles. The van der Waals surface area contributed by atoms with E-state index in [1.165, 1.54) is 0 Å². The van der Waals surface area contributed by atoms with Crippen LogP contribution in [0.4, 0.5) is 11.4 Å². The van der Waals surface area contributed by atoms with E-state index in [0.29, 0.717) is 13.1 Å². The van der Waals surface area contributed by atoms with Crippen LogP contribution >= 0.6 is 0 Å². The van der Waals surface area contributed by atoms with Crippen LogP contribution in [0.1, 0.15) is 35.7 Å². The lowest BCUT2D eigenvalue weighted by molar-refractivity contribution is 0.0507. The Morgan fingerprint density at radius 1 is 1.00 bits per heavy atom. The topological polar surface area (TPSA) is 36.0 Å². The minimum atomic E-state index is 0.0582. The lowest BCUT2D eigenvalue weighted by Gasteiger charge is -2.26. The third-order valence-corrected chi connectivity index (χ3v) is 5.59. The molecule has 29 heavy (non-hydrogen) atoms. The van der Waals surface area contributed by atoms with Crippen molar-refractivity contribution in [1.29, 1.82) is 0 Å². The fourth-order valence-corrected chi connectivity index (χ4v) is 3.60. The number of anilines is 2. The molecule has 0 aromatic heterocycles. The van der Waals surface area contributed by atoms with Crippen LogP contribution in [0.2, 0.25) is 0 Å². The summed E-state index contributed by atoms with van der Waals surface area (Å²) >= 11 is 0. The van der Waals surface area contributed by atoms with Gasteiger partial charge in [0.25, 0.3) is 5.91 Å². The van der Waals surface area contributed by atoms with E-state index in [9.17, 15) is 4.79 Å². The Kier molecular flexibility index (Phi) is 7.15. The normalized spacial score (nSPS) is 15.9. The largest absolute Gasteiger partial charge is 0.378 e. The highest BCUT2D eigenvalue weighted by Crippen LogP contribution is 2.20. The molecule has 0 N–H and O–H groups in total. The lowest BCUT2D eigenvalue weighted by atomic mass is 10.1. The second-order valence-electron chi connectivity index (χ2n) is 7.94. The molecule has 0 spiro atoms. The van der Waals surface area contributed by atoms with Gasteiger partial charge in [0.1, 0.15) is 0 Å². The Labute approximate surface area is 174 Å². The minimum absolute atomic E-state index is 0.0582. The van der Waals surface area contributed by atoms with Crippen LogP contribution in [0, 0.1) is 0 Å². The Morgan fingerprint density at radius 3 is 2.21 bits per heavy atom. The summed E-state index contributed by atoms with van der Waals surface area (Å²) in [5.74, 6) is 0.0582. The van der Waals surface area contributed by atoms with E-state index in [4.69, 9.17) is 4.74 Å². The van der Waals surface area contributed by atoms with Crippen molar-refractivity contribution in [2.24, 2.45) is 0 Å². The Hall–Kier alpha value is -2.53. The summed E-state index contributed by atoms with van der Waals surface area (Å²) in [6.45, 7) is 5.06. The number of benzene rings is 2. The molecule has 5 nitrogen and oxygen atoms in total. The molecule has 0 saturated carbocycles. The highest BCUT2D eigenvalue weighted by Gasteiger charge is 2.24. The quantitative estimate of drug-likeness (QED) is 0.676. The first-order valence-corrected chi connectivity index (χ1v) is 10.5. The smallest absolute Gasteiger partial charge is 0.254 e. The number of hydrogen-bond donors (Lipinski definition) is 0. The molecule has 1 heterocycles. The van der Waals surface area contributed by atoms with Gasteiger partial charge in [0, 0.05) is 64.3 Å². The highest BCUT2D eigenvalue weighted by atomic mass is 16.5. The molecule has 1 aliphatic rings. The van der Waals surface area contributed by atoms with E-state index in [2.05, 4.69) is 48.0 Å². The van der Waals surface area contributed by atoms with Crippen molar-refractivity contribution < 1.29 is 9.53 Å². The van der Waals surface area contributed by atoms with Gasteiger partial charge in [-0.05, 0) is 61.7 Å². The van der Waals surface area contributed by atoms with E-state index in [1.54, 1.807) is 0 Å². The van der Waals surface area contributed by atoms with Gasteiger partial charge in [-0.2, -0.15) is 0 Å². The standard InChI is InChI=1S/C24H33N3O2/c1-5-26(4)22-14-10-20(11-15-22)24(28)27(18-23-7-6-16-29-23)17-19-8-12-21(13-9-19)25(2)3/h8-15,23H,5-7,16-18H2,1-4H3. The summed E-state index contributed by atoms with van der Waals surface area (Å²) in [5.41, 5.74) is 4.13. The van der Waals surface area contributed by atoms with Crippen molar-refractivity contribution in [3.63, 3.8) is 0 Å². The first-order valence-electron chi connectivity index (χ1n) is 10.5. The molecule has 3 rings (SSSR count). The Bertz CT molecular complexity index is 781. The Balaban J connectivity index is 1.77. The average molecular weight is 396 g/mol. The minimum Gasteiger partial charge on any atom is -0.378 e. The molecular weight excluding hydrogens is 362 g/mol. The number of nitrogens with zero attached hydrogens (tertiary/aromatic N) is 3. The zero-order valence-electron chi connectivity index (χ0n) is 18.1. The van der Waals surface area contributed by atoms with Crippen LogP contribution in [-0.2, 0) is 11.3 Å². The van der Waals surface area contributed by atoms with Crippen LogP contribution < -0.4 is 9.80 Å². The fraction of sp³-hybridized carbons (Fsp3) is 0.458. The van der Waals surface area contributed by atoms with Crippen LogP contribution in [-0.4, -0.2) is 57.8 Å². The van der Waals surface area contributed by atoms with Crippen molar-refractivity contribution >= 4 is 17.3 Å². The second-order valence-corrected chi connectivity index (χ2v) is 7.94. The van der Waals surface area contributed by atoms with E-state index in [-0.39, 0.29) is 12.0 Å². The second kappa shape index (κ2) is 9.79. The van der Waals surface area contributed by atoms with Gasteiger partial charge in [0.2, 0.25) is 0 Å². The summed E-state index contributed by atoms with van der Waals surface area (Å²) in [4.78, 5) is 19.5. The maximum Gasteiger partial charge on any atom is 0.254 e. The van der Waals surface area contributed by atoms with Gasteiger partial charge in [-0.1, -0.05) is 12.1 Å². The van der Waals surface area contributed by atoms with Gasteiger partial charge < -0.3 is 19.4 Å². The molecule has 2 aromatic rings. The van der Waals surface area contributed by atoms with E-state index >= 15 is 0 Å². The SMILES string of the molecule is CCN(C)c1ccc(C(=O)N(Cc2ccc(N(C)C)cc2)CC2CCCO2)cc1. The summed E-state index contributed by atoms with van der Waals surface area (Å²) in [5, 5.41) is 0. The molecule has 2 aromatic carbocycles. The number of ether oxygens (including phenoxy) is 1. The van der Waals surface area contributed by atoms with Gasteiger partial charge in [-0.3, -0.25) is 4.79 Å². The molecule has 1 atom stereocenters. The average Bonchev–Trinajstić information content (AvgIpc) is 3.26. The zero-order chi connectivity index (χ0) is 20.8. The molecule has 1 amide bonds. The molecular formula is C24H33N3O2. The molecule has 0 radical (unpaired) electrons. The third-order valence-electron chi connectivity index (χ3n) is 5.59. The molecule has 0 aliphatic carbocycles. The van der Waals surface area contributed by atoms with Crippen LogP contribution in [0.5, 0.6) is 0 Å². The number of rotatable bonds is 8. The summed E-state index contributed by atoms with van der Waals surface area (Å²) in [7, 11) is 6.11. The molecule has 156 valence electrons. The van der Waals surface area contributed by atoms with Crippen molar-refractivity contribution in [3.8, 4) is 0 Å². The summed E-state index contributed by atoms with van der Waals surface area (Å²) in [6.07, 6.45) is 2.22. The van der Waals surface area contributed by atoms with Gasteiger partial charge in [0.15, 0.2) is 0 Å². The highest BCUT2D eigenvalue weighted by molar-refractivity contribution is 5.94. The Morgan fingerprint density at radius 2 is 1.66 bits per heavy atom. The lowest BCUT2D eigenvalue weighted by Crippen LogP contribution is -2.37. The summed E-state index contributed by atoms with van der Waals surface area (Å²) in [6, 6.07) is 16.3. The van der Waals surface area contributed by atoms with E-state index in [0.717, 1.165) is 48.5 Å². The van der Waals surface area contributed by atoms with E-state index in [1.807, 2.05) is 43.3 Å². The van der Waals surface area contributed by atoms with Gasteiger partial charge in [-0.25, -0.2) is 0 Å². The van der Waals surface area contributed by atoms with Crippen molar-refractivity contribution in [2.45, 2.75) is 32.4 Å². The van der Waals surface area contributed by atoms with E-state index < -0.39 is 0 Å². The predicted octanol–water partition coefficient (Wildman–Crippen LogP) is 4.03. The first-order chi connectivity index (χ1) is 14.0. The number of carbonyl (C=O) groups excluding carboxylic acids is 1. The maximum absolute atomic E-state index is 13.3. The van der Waals surface area contributed by atoms with Gasteiger partial charge in [0.05, 0.1) is 6.10 Å². The van der Waals surface area contributed by atoms with Crippen LogP contribution in [0.3, 0.4) is 0 Å². The number of amides is 1. The molecule has 1 unspecified atom stereocenters. The molecule has 1 fully saturated rings. The van der Waals surface area contributed by atoms with Crippen LogP contribution in [0.25, 0.3) is 0 Å². The monoisotopic (exact) mass is 395 g/mol. The van der Waals surface area contributed by atoms with Crippen molar-refractivity contribution in [2.75, 3.05) is 50.6 Å². The molecule has 1 aliphatic heterocycles. The molecule has 0 bridgehead atoms. The predicted molar refractivity (Wildman–Crippen MR) is 120 cm³/mol. The summed E-state index contributed by atoms with van der Waals surface area (Å²) < 4.78 is 5.82. The third kappa shape index (κ3) is 5.51. The van der Waals surface area contributed by atoms with Gasteiger partial charge in [-0.15, -0.1) is 0 Å². The molecule has 5 heteroatoms. The fourth-order valence-electron chi connectivity index (χ4n) is 3.60.